The van der Waals surface area contributed by atoms with Crippen LogP contribution in [0.1, 0.15) is 0 Å². The van der Waals surface area contributed by atoms with E-state index in [1.807, 2.05) is 0 Å². The molecule has 0 aliphatic carbocycles. The van der Waals surface area contributed by atoms with Crippen molar-refractivity contribution in [2.75, 3.05) is 37.4 Å². The van der Waals surface area contributed by atoms with Gasteiger partial charge in [-0.2, -0.15) is 0 Å². The molecule has 0 saturated carbocycles. The summed E-state index contributed by atoms with van der Waals surface area (Å²) in [6.07, 6.45) is 0. The molecule has 2 aromatic carbocycles. The molecular weight excluding hydrogens is 453 g/mol. The highest BCUT2D eigenvalue weighted by Gasteiger charge is 2.33. The van der Waals surface area contributed by atoms with E-state index in [2.05, 4.69) is 10.6 Å². The number of urea groups is 1. The highest BCUT2D eigenvalue weighted by atomic mass is 32.2. The second-order valence-electron chi connectivity index (χ2n) is 5.79. The minimum atomic E-state index is -5.25. The summed E-state index contributed by atoms with van der Waals surface area (Å²) >= 11 is 0. The summed E-state index contributed by atoms with van der Waals surface area (Å²) in [5.74, 6) is -12.3. The first-order chi connectivity index (χ1) is 14.5. The molecule has 0 radical (unpaired) electrons. The molecule has 3 N–H and O–H groups in total. The van der Waals surface area contributed by atoms with E-state index in [0.717, 1.165) is 12.1 Å². The lowest BCUT2D eigenvalue weighted by Crippen LogP contribution is -2.31. The van der Waals surface area contributed by atoms with Gasteiger partial charge in [0.25, 0.3) is 10.0 Å². The Labute approximate surface area is 173 Å². The average Bonchev–Trinajstić information content (AvgIpc) is 2.71. The van der Waals surface area contributed by atoms with Gasteiger partial charge in [-0.25, -0.2) is 35.2 Å². The summed E-state index contributed by atoms with van der Waals surface area (Å²) in [5, 5.41) is 4.77. The molecule has 2 amide bonds. The Morgan fingerprint density at radius 3 is 2.10 bits per heavy atom. The zero-order chi connectivity index (χ0) is 23.3. The molecule has 0 fully saturated rings. The van der Waals surface area contributed by atoms with Gasteiger partial charge in [0.05, 0.1) is 25.1 Å². The molecule has 0 heterocycles. The molecule has 0 bridgehead atoms. The summed E-state index contributed by atoms with van der Waals surface area (Å²) in [4.78, 5) is 9.83. The number of halogens is 5. The van der Waals surface area contributed by atoms with Gasteiger partial charge in [0, 0.05) is 13.7 Å². The topological polar surface area (TPSA) is 106 Å². The minimum absolute atomic E-state index is 0.0602. The Morgan fingerprint density at radius 1 is 0.968 bits per heavy atom. The van der Waals surface area contributed by atoms with Crippen molar-refractivity contribution < 1.29 is 44.6 Å². The van der Waals surface area contributed by atoms with Crippen molar-refractivity contribution in [1.82, 2.24) is 5.32 Å². The Balaban J connectivity index is 2.38. The van der Waals surface area contributed by atoms with Gasteiger partial charge in [-0.15, -0.1) is 0 Å². The van der Waals surface area contributed by atoms with Crippen molar-refractivity contribution in [2.24, 2.45) is 0 Å². The van der Waals surface area contributed by atoms with Crippen LogP contribution in [0.3, 0.4) is 0 Å². The molecule has 8 nitrogen and oxygen atoms in total. The minimum Gasteiger partial charge on any atom is -0.495 e. The van der Waals surface area contributed by atoms with Crippen LogP contribution in [0.5, 0.6) is 5.75 Å². The molecule has 2 aromatic rings. The zero-order valence-corrected chi connectivity index (χ0v) is 16.8. The molecule has 170 valence electrons. The maximum Gasteiger partial charge on any atom is 0.319 e. The van der Waals surface area contributed by atoms with Crippen LogP contribution in [0.4, 0.5) is 38.1 Å². The fourth-order valence-electron chi connectivity index (χ4n) is 2.33. The predicted octanol–water partition coefficient (Wildman–Crippen LogP) is 2.96. The van der Waals surface area contributed by atoms with Gasteiger partial charge in [-0.05, 0) is 18.2 Å². The van der Waals surface area contributed by atoms with Crippen LogP contribution in [0.25, 0.3) is 0 Å². The van der Waals surface area contributed by atoms with Crippen LogP contribution in [0.15, 0.2) is 23.1 Å². The van der Waals surface area contributed by atoms with E-state index in [1.54, 1.807) is 4.72 Å². The van der Waals surface area contributed by atoms with Crippen LogP contribution in [-0.4, -0.2) is 41.8 Å². The standard InChI is InChI=1S/C17H16F5N3O5S/c1-29-6-5-23-17(26)24-9-7-8(3-4-10(9)30-2)25-31(27,28)16-14(21)12(19)11(18)13(20)15(16)22/h3-4,7,25H,5-6H2,1-2H3,(H2,23,24,26). The Bertz CT molecular complexity index is 1070. The summed E-state index contributed by atoms with van der Waals surface area (Å²) in [7, 11) is -2.58. The van der Waals surface area contributed by atoms with Crippen molar-refractivity contribution in [1.29, 1.82) is 0 Å². The number of hydrogen-bond acceptors (Lipinski definition) is 5. The summed E-state index contributed by atoms with van der Waals surface area (Å²) in [6, 6.07) is 2.57. The van der Waals surface area contributed by atoms with E-state index in [9.17, 15) is 35.2 Å². The lowest BCUT2D eigenvalue weighted by Gasteiger charge is -2.15. The first-order valence-electron chi connectivity index (χ1n) is 8.29. The number of benzene rings is 2. The SMILES string of the molecule is COCCNC(=O)Nc1cc(NS(=O)(=O)c2c(F)c(F)c(F)c(F)c2F)ccc1OC. The zero-order valence-electron chi connectivity index (χ0n) is 16.0. The molecule has 31 heavy (non-hydrogen) atoms. The number of rotatable bonds is 8. The average molecular weight is 469 g/mol. The van der Waals surface area contributed by atoms with Gasteiger partial charge < -0.3 is 20.1 Å². The molecule has 0 unspecified atom stereocenters. The van der Waals surface area contributed by atoms with Crippen LogP contribution in [-0.2, 0) is 14.8 Å². The second-order valence-corrected chi connectivity index (χ2v) is 7.41. The van der Waals surface area contributed by atoms with Crippen molar-refractivity contribution in [3.05, 3.63) is 47.3 Å². The number of sulfonamides is 1. The summed E-state index contributed by atoms with van der Waals surface area (Å²) in [5.41, 5.74) is -0.424. The molecule has 0 spiro atoms. The van der Waals surface area contributed by atoms with Crippen LogP contribution in [0, 0.1) is 29.1 Å². The van der Waals surface area contributed by atoms with Gasteiger partial charge in [-0.3, -0.25) is 4.72 Å². The van der Waals surface area contributed by atoms with Gasteiger partial charge in [-0.1, -0.05) is 0 Å². The van der Waals surface area contributed by atoms with E-state index in [0.29, 0.717) is 0 Å². The van der Waals surface area contributed by atoms with Gasteiger partial charge in [0.15, 0.2) is 28.2 Å². The maximum atomic E-state index is 13.9. The van der Waals surface area contributed by atoms with Gasteiger partial charge in [0.2, 0.25) is 5.82 Å². The van der Waals surface area contributed by atoms with Crippen molar-refractivity contribution >= 4 is 27.4 Å². The quantitative estimate of drug-likeness (QED) is 0.239. The first kappa shape index (κ1) is 24.1. The molecule has 0 aliphatic heterocycles. The lowest BCUT2D eigenvalue weighted by molar-refractivity contribution is 0.198. The van der Waals surface area contributed by atoms with E-state index in [-0.39, 0.29) is 30.3 Å². The van der Waals surface area contributed by atoms with E-state index in [4.69, 9.17) is 9.47 Å². The second kappa shape index (κ2) is 9.78. The Kier molecular flexibility index (Phi) is 7.62. The van der Waals surface area contributed by atoms with Crippen LogP contribution >= 0.6 is 0 Å². The third kappa shape index (κ3) is 5.32. The number of ether oxygens (including phenoxy) is 2. The van der Waals surface area contributed by atoms with Gasteiger partial charge in [0.1, 0.15) is 5.75 Å². The van der Waals surface area contributed by atoms with Crippen LogP contribution < -0.4 is 20.1 Å². The summed E-state index contributed by atoms with van der Waals surface area (Å²) in [6.45, 7) is 0.365. The monoisotopic (exact) mass is 469 g/mol. The lowest BCUT2D eigenvalue weighted by atomic mass is 10.2. The molecule has 0 atom stereocenters. The fraction of sp³-hybridized carbons (Fsp3) is 0.235. The van der Waals surface area contributed by atoms with Crippen molar-refractivity contribution in [3.8, 4) is 5.75 Å². The fourth-order valence-corrected chi connectivity index (χ4v) is 3.52. The molecule has 2 rings (SSSR count). The van der Waals surface area contributed by atoms with E-state index < -0.39 is 50.0 Å². The number of amides is 2. The van der Waals surface area contributed by atoms with E-state index >= 15 is 0 Å². The molecule has 0 saturated heterocycles. The number of carbonyl (C=O) groups is 1. The van der Waals surface area contributed by atoms with Gasteiger partial charge >= 0.3 is 6.03 Å². The normalized spacial score (nSPS) is 11.2. The molecule has 0 aromatic heterocycles. The molecular formula is C17H16F5N3O5S. The first-order valence-corrected chi connectivity index (χ1v) is 9.77. The third-order valence-corrected chi connectivity index (χ3v) is 5.13. The number of hydrogen-bond donors (Lipinski definition) is 3. The largest absolute Gasteiger partial charge is 0.495 e. The van der Waals surface area contributed by atoms with E-state index in [1.165, 1.54) is 20.3 Å². The number of nitrogens with one attached hydrogen (secondary N) is 3. The third-order valence-electron chi connectivity index (χ3n) is 3.73. The smallest absolute Gasteiger partial charge is 0.319 e. The molecule has 14 heteroatoms. The predicted molar refractivity (Wildman–Crippen MR) is 98.9 cm³/mol. The summed E-state index contributed by atoms with van der Waals surface area (Å²) < 4.78 is 104. The maximum absolute atomic E-state index is 13.9. The number of anilines is 2. The number of methoxy groups -OCH3 is 2. The number of carbonyl (C=O) groups excluding carboxylic acids is 1. The molecule has 0 aliphatic rings. The Morgan fingerprint density at radius 2 is 1.55 bits per heavy atom. The highest BCUT2D eigenvalue weighted by Crippen LogP contribution is 2.31. The Hall–Kier alpha value is -3.13. The van der Waals surface area contributed by atoms with Crippen LogP contribution in [0.2, 0.25) is 0 Å². The highest BCUT2D eigenvalue weighted by molar-refractivity contribution is 7.92. The van der Waals surface area contributed by atoms with Crippen molar-refractivity contribution in [3.63, 3.8) is 0 Å². The van der Waals surface area contributed by atoms with Crippen molar-refractivity contribution in [2.45, 2.75) is 4.90 Å².